The Labute approximate surface area is 132 Å². The fourth-order valence-electron chi connectivity index (χ4n) is 2.60. The van der Waals surface area contributed by atoms with E-state index in [1.54, 1.807) is 4.90 Å². The maximum Gasteiger partial charge on any atom is 0.222 e. The number of hydrogen-bond acceptors (Lipinski definition) is 2. The Hall–Kier alpha value is -1.84. The number of benzene rings is 1. The number of amides is 2. The molecule has 1 saturated heterocycles. The lowest BCUT2D eigenvalue weighted by atomic mass is 9.86. The van der Waals surface area contributed by atoms with Gasteiger partial charge in [-0.15, -0.1) is 0 Å². The van der Waals surface area contributed by atoms with Gasteiger partial charge in [0.05, 0.1) is 0 Å². The lowest BCUT2D eigenvalue weighted by molar-refractivity contribution is -0.131. The third-order valence-corrected chi connectivity index (χ3v) is 4.11. The topological polar surface area (TPSA) is 49.4 Å². The second kappa shape index (κ2) is 6.95. The van der Waals surface area contributed by atoms with Gasteiger partial charge < -0.3 is 10.2 Å². The first-order valence-electron chi connectivity index (χ1n) is 8.00. The van der Waals surface area contributed by atoms with Crippen molar-refractivity contribution < 1.29 is 9.59 Å². The van der Waals surface area contributed by atoms with E-state index in [1.165, 1.54) is 11.1 Å². The summed E-state index contributed by atoms with van der Waals surface area (Å²) >= 11 is 0. The normalized spacial score (nSPS) is 16.1. The lowest BCUT2D eigenvalue weighted by Gasteiger charge is -2.20. The molecule has 2 rings (SSSR count). The smallest absolute Gasteiger partial charge is 0.222 e. The predicted molar refractivity (Wildman–Crippen MR) is 87.7 cm³/mol. The Morgan fingerprint density at radius 2 is 1.86 bits per heavy atom. The van der Waals surface area contributed by atoms with Crippen molar-refractivity contribution in [1.82, 2.24) is 10.2 Å². The van der Waals surface area contributed by atoms with Crippen molar-refractivity contribution in [2.75, 3.05) is 19.6 Å². The van der Waals surface area contributed by atoms with Gasteiger partial charge in [-0.2, -0.15) is 0 Å². The third kappa shape index (κ3) is 4.58. The van der Waals surface area contributed by atoms with E-state index in [9.17, 15) is 9.59 Å². The summed E-state index contributed by atoms with van der Waals surface area (Å²) in [7, 11) is 0. The minimum atomic E-state index is 0.0352. The third-order valence-electron chi connectivity index (χ3n) is 4.11. The zero-order valence-corrected chi connectivity index (χ0v) is 13.8. The summed E-state index contributed by atoms with van der Waals surface area (Å²) in [5.74, 6) is 0.171. The van der Waals surface area contributed by atoms with Crippen LogP contribution < -0.4 is 5.32 Å². The van der Waals surface area contributed by atoms with Gasteiger partial charge in [-0.3, -0.25) is 9.59 Å². The van der Waals surface area contributed by atoms with E-state index in [0.29, 0.717) is 32.5 Å². The van der Waals surface area contributed by atoms with Crippen molar-refractivity contribution in [3.05, 3.63) is 35.4 Å². The van der Waals surface area contributed by atoms with Gasteiger partial charge in [0.25, 0.3) is 0 Å². The number of aryl methyl sites for hydroxylation is 1. The molecule has 2 amide bonds. The fraction of sp³-hybridized carbons (Fsp3) is 0.556. The molecule has 1 aliphatic heterocycles. The molecule has 0 unspecified atom stereocenters. The highest BCUT2D eigenvalue weighted by atomic mass is 16.2. The van der Waals surface area contributed by atoms with Crippen LogP contribution in [-0.4, -0.2) is 36.3 Å². The molecule has 22 heavy (non-hydrogen) atoms. The fourth-order valence-corrected chi connectivity index (χ4v) is 2.60. The summed E-state index contributed by atoms with van der Waals surface area (Å²) in [6.07, 6.45) is 1.66. The van der Waals surface area contributed by atoms with Gasteiger partial charge in [0.2, 0.25) is 11.8 Å². The van der Waals surface area contributed by atoms with E-state index >= 15 is 0 Å². The molecule has 0 spiro atoms. The summed E-state index contributed by atoms with van der Waals surface area (Å²) in [6, 6.07) is 8.52. The van der Waals surface area contributed by atoms with E-state index in [-0.39, 0.29) is 17.2 Å². The van der Waals surface area contributed by atoms with E-state index < -0.39 is 0 Å². The molecule has 0 aliphatic carbocycles. The summed E-state index contributed by atoms with van der Waals surface area (Å²) < 4.78 is 0. The van der Waals surface area contributed by atoms with Crippen LogP contribution in [0.5, 0.6) is 0 Å². The minimum absolute atomic E-state index is 0.0352. The van der Waals surface area contributed by atoms with Gasteiger partial charge in [0.1, 0.15) is 0 Å². The molecule has 1 heterocycles. The molecule has 0 radical (unpaired) electrons. The van der Waals surface area contributed by atoms with Gasteiger partial charge in [-0.05, 0) is 23.0 Å². The summed E-state index contributed by atoms with van der Waals surface area (Å²) in [5, 5.41) is 2.79. The first-order chi connectivity index (χ1) is 10.4. The van der Waals surface area contributed by atoms with Gasteiger partial charge in [0, 0.05) is 32.5 Å². The minimum Gasteiger partial charge on any atom is -0.354 e. The number of carbonyl (C=O) groups excluding carboxylic acids is 2. The second-order valence-corrected chi connectivity index (χ2v) is 6.93. The van der Waals surface area contributed by atoms with E-state index in [1.807, 2.05) is 0 Å². The number of rotatable bonds is 3. The molecule has 120 valence electrons. The summed E-state index contributed by atoms with van der Waals surface area (Å²) in [5.41, 5.74) is 2.64. The molecular formula is C18H26N2O2. The van der Waals surface area contributed by atoms with Crippen LogP contribution >= 0.6 is 0 Å². The van der Waals surface area contributed by atoms with Gasteiger partial charge in [-0.25, -0.2) is 0 Å². The number of nitrogens with one attached hydrogen (secondary N) is 1. The first kappa shape index (κ1) is 16.5. The summed E-state index contributed by atoms with van der Waals surface area (Å²) in [4.78, 5) is 25.3. The van der Waals surface area contributed by atoms with Crippen LogP contribution in [0.1, 0.15) is 44.7 Å². The van der Waals surface area contributed by atoms with Crippen molar-refractivity contribution in [2.24, 2.45) is 0 Å². The molecule has 1 N–H and O–H groups in total. The molecule has 0 bridgehead atoms. The van der Waals surface area contributed by atoms with Crippen LogP contribution in [0.2, 0.25) is 0 Å². The second-order valence-electron chi connectivity index (χ2n) is 6.93. The van der Waals surface area contributed by atoms with E-state index in [2.05, 4.69) is 50.4 Å². The largest absolute Gasteiger partial charge is 0.354 e. The molecule has 0 saturated carbocycles. The maximum atomic E-state index is 12.2. The number of nitrogens with zero attached hydrogens (tertiary/aromatic N) is 1. The Kier molecular flexibility index (Phi) is 5.22. The van der Waals surface area contributed by atoms with Crippen LogP contribution in [0.25, 0.3) is 0 Å². The molecular weight excluding hydrogens is 276 g/mol. The van der Waals surface area contributed by atoms with E-state index in [0.717, 1.165) is 6.42 Å². The number of carbonyl (C=O) groups is 2. The van der Waals surface area contributed by atoms with Gasteiger partial charge in [-0.1, -0.05) is 45.0 Å². The van der Waals surface area contributed by atoms with Crippen LogP contribution in [-0.2, 0) is 21.4 Å². The molecule has 4 nitrogen and oxygen atoms in total. The zero-order valence-electron chi connectivity index (χ0n) is 13.8. The molecule has 0 aromatic heterocycles. The maximum absolute atomic E-state index is 12.2. The summed E-state index contributed by atoms with van der Waals surface area (Å²) in [6.45, 7) is 8.30. The average molecular weight is 302 g/mol. The van der Waals surface area contributed by atoms with E-state index in [4.69, 9.17) is 0 Å². The van der Waals surface area contributed by atoms with Crippen molar-refractivity contribution >= 4 is 11.8 Å². The highest BCUT2D eigenvalue weighted by molar-refractivity contribution is 5.80. The molecule has 1 fully saturated rings. The molecule has 1 aromatic rings. The quantitative estimate of drug-likeness (QED) is 0.931. The van der Waals surface area contributed by atoms with Gasteiger partial charge >= 0.3 is 0 Å². The van der Waals surface area contributed by atoms with Crippen LogP contribution in [0, 0.1) is 0 Å². The Bertz CT molecular complexity index is 529. The standard InChI is InChI=1S/C18H26N2O2/c1-18(2,3)15-7-4-14(5-8-15)6-9-17(22)20-12-10-16(21)19-11-13-20/h4-5,7-8H,6,9-13H2,1-3H3,(H,19,21). The zero-order chi connectivity index (χ0) is 16.2. The van der Waals surface area contributed by atoms with Gasteiger partial charge in [0.15, 0.2) is 0 Å². The molecule has 4 heteroatoms. The first-order valence-corrected chi connectivity index (χ1v) is 8.00. The van der Waals surface area contributed by atoms with Crippen molar-refractivity contribution in [3.8, 4) is 0 Å². The molecule has 1 aliphatic rings. The highest BCUT2D eigenvalue weighted by Gasteiger charge is 2.18. The van der Waals surface area contributed by atoms with Crippen molar-refractivity contribution in [1.29, 1.82) is 0 Å². The lowest BCUT2D eigenvalue weighted by Crippen LogP contribution is -2.34. The van der Waals surface area contributed by atoms with Crippen LogP contribution in [0.3, 0.4) is 0 Å². The highest BCUT2D eigenvalue weighted by Crippen LogP contribution is 2.22. The Morgan fingerprint density at radius 3 is 2.50 bits per heavy atom. The Balaban J connectivity index is 1.87. The Morgan fingerprint density at radius 1 is 1.18 bits per heavy atom. The monoisotopic (exact) mass is 302 g/mol. The molecule has 1 aromatic carbocycles. The van der Waals surface area contributed by atoms with Crippen molar-refractivity contribution in [3.63, 3.8) is 0 Å². The predicted octanol–water partition coefficient (Wildman–Crippen LogP) is 2.27. The SMILES string of the molecule is CC(C)(C)c1ccc(CCC(=O)N2CCNC(=O)CC2)cc1. The molecule has 0 atom stereocenters. The van der Waals surface area contributed by atoms with Crippen LogP contribution in [0.15, 0.2) is 24.3 Å². The van der Waals surface area contributed by atoms with Crippen molar-refractivity contribution in [2.45, 2.75) is 45.4 Å². The average Bonchev–Trinajstić information content (AvgIpc) is 2.69. The van der Waals surface area contributed by atoms with Crippen LogP contribution in [0.4, 0.5) is 0 Å². The number of hydrogen-bond donors (Lipinski definition) is 1.